The number of ketones is 1. The average molecular weight is 612 g/mol. The van der Waals surface area contributed by atoms with E-state index >= 15 is 0 Å². The van der Waals surface area contributed by atoms with Gasteiger partial charge in [0.05, 0.1) is 17.1 Å². The number of nitrogens with zero attached hydrogens (tertiary/aromatic N) is 2. The molecule has 3 aromatic rings. The summed E-state index contributed by atoms with van der Waals surface area (Å²) in [5.41, 5.74) is 4.03. The van der Waals surface area contributed by atoms with E-state index in [4.69, 9.17) is 10.2 Å². The molecule has 1 aliphatic heterocycles. The number of rotatable bonds is 12. The minimum atomic E-state index is 0.00485. The molecule has 4 nitrogen and oxygen atoms in total. The van der Waals surface area contributed by atoms with Crippen molar-refractivity contribution in [2.45, 2.75) is 99.8 Å². The molecule has 0 amide bonds. The van der Waals surface area contributed by atoms with Gasteiger partial charge < -0.3 is 5.32 Å². The first kappa shape index (κ1) is 36.8. The monoisotopic (exact) mass is 611 g/mol. The number of hydrogen-bond donors (Lipinski definition) is 1. The Hall–Kier alpha value is -3.36. The topological polar surface area (TPSA) is 65.8 Å². The van der Waals surface area contributed by atoms with Crippen molar-refractivity contribution in [2.24, 2.45) is 11.8 Å². The maximum atomic E-state index is 12.4. The Balaban J connectivity index is 0.000000405. The molecule has 0 spiro atoms. The second kappa shape index (κ2) is 20.6. The molecule has 44 heavy (non-hydrogen) atoms. The van der Waals surface area contributed by atoms with E-state index in [0.29, 0.717) is 29.4 Å². The van der Waals surface area contributed by atoms with Crippen LogP contribution in [-0.2, 0) is 0 Å². The van der Waals surface area contributed by atoms with Crippen LogP contribution in [0.3, 0.4) is 0 Å². The second-order valence-corrected chi connectivity index (χ2v) is 12.7. The van der Waals surface area contributed by atoms with Crippen molar-refractivity contribution < 1.29 is 4.79 Å². The van der Waals surface area contributed by atoms with Crippen molar-refractivity contribution in [3.63, 3.8) is 0 Å². The minimum Gasteiger partial charge on any atom is -0.365 e. The summed E-state index contributed by atoms with van der Waals surface area (Å²) >= 11 is 1.71. The molecule has 0 aliphatic carbocycles. The van der Waals surface area contributed by atoms with Crippen LogP contribution in [0.5, 0.6) is 0 Å². The SMILES string of the molecule is CC(=O)c1cc(NCC2=CC(C)C=CS2)nc2ccc(-c3ccc(C#N)cc3)cc12.CCCC.CCCCC(C)CCCC. The Labute approximate surface area is 271 Å². The number of anilines is 1. The number of carbonyl (C=O) groups is 1. The summed E-state index contributed by atoms with van der Waals surface area (Å²) in [5, 5.41) is 15.3. The van der Waals surface area contributed by atoms with Crippen LogP contribution in [0.4, 0.5) is 5.82 Å². The molecule has 0 saturated heterocycles. The minimum absolute atomic E-state index is 0.00485. The number of benzene rings is 2. The summed E-state index contributed by atoms with van der Waals surface area (Å²) in [7, 11) is 0. The van der Waals surface area contributed by atoms with Gasteiger partial charge in [0, 0.05) is 22.4 Å². The van der Waals surface area contributed by atoms with Crippen LogP contribution >= 0.6 is 11.8 Å². The zero-order chi connectivity index (χ0) is 32.3. The van der Waals surface area contributed by atoms with E-state index in [1.165, 1.54) is 56.3 Å². The van der Waals surface area contributed by atoms with Crippen LogP contribution in [0, 0.1) is 23.2 Å². The molecular weight excluding hydrogens is 559 g/mol. The van der Waals surface area contributed by atoms with Gasteiger partial charge >= 0.3 is 0 Å². The van der Waals surface area contributed by atoms with E-state index in [1.807, 2.05) is 36.4 Å². The van der Waals surface area contributed by atoms with Gasteiger partial charge in [-0.2, -0.15) is 5.26 Å². The third-order valence-electron chi connectivity index (χ3n) is 7.63. The fourth-order valence-electron chi connectivity index (χ4n) is 4.69. The molecule has 4 rings (SSSR count). The fraction of sp³-hybridized carbons (Fsp3) is 0.462. The van der Waals surface area contributed by atoms with Crippen LogP contribution in [0.2, 0.25) is 0 Å². The predicted octanol–water partition coefficient (Wildman–Crippen LogP) is 12.0. The van der Waals surface area contributed by atoms with Crippen LogP contribution < -0.4 is 5.32 Å². The number of pyridine rings is 1. The van der Waals surface area contributed by atoms with Crippen LogP contribution in [-0.4, -0.2) is 17.3 Å². The van der Waals surface area contributed by atoms with Gasteiger partial charge in [0.1, 0.15) is 5.82 Å². The number of hydrogen-bond acceptors (Lipinski definition) is 5. The van der Waals surface area contributed by atoms with Gasteiger partial charge in [-0.15, -0.1) is 11.8 Å². The first-order valence-electron chi connectivity index (χ1n) is 16.5. The summed E-state index contributed by atoms with van der Waals surface area (Å²) in [6.07, 6.45) is 15.5. The van der Waals surface area contributed by atoms with Gasteiger partial charge in [-0.3, -0.25) is 4.79 Å². The maximum Gasteiger partial charge on any atom is 0.160 e. The standard InChI is InChI=1S/C25H21N3OS.C10H22.C4H10/c1-16-9-10-30-21(11-16)15-27-25-13-22(17(2)29)23-12-20(7-8-24(23)28-25)19-5-3-18(14-26)4-6-19;1-4-6-8-10(3)9-7-5-2;1-3-4-2/h3-13,16H,15H2,1-2H3,(H,27,28);10H,4-9H2,1-3H3;3-4H2,1-2H3. The smallest absolute Gasteiger partial charge is 0.160 e. The van der Waals surface area contributed by atoms with Crippen LogP contribution in [0.25, 0.3) is 22.0 Å². The van der Waals surface area contributed by atoms with E-state index < -0.39 is 0 Å². The number of allylic oxidation sites excluding steroid dienone is 2. The Morgan fingerprint density at radius 1 is 0.955 bits per heavy atom. The Morgan fingerprint density at radius 3 is 2.14 bits per heavy atom. The Bertz CT molecular complexity index is 1390. The summed E-state index contributed by atoms with van der Waals surface area (Å²) in [6, 6.07) is 17.3. The Morgan fingerprint density at radius 2 is 1.59 bits per heavy atom. The van der Waals surface area contributed by atoms with Crippen molar-refractivity contribution in [2.75, 3.05) is 11.9 Å². The fourth-order valence-corrected chi connectivity index (χ4v) is 5.64. The molecule has 1 atom stereocenters. The van der Waals surface area contributed by atoms with Crippen LogP contribution in [0.15, 0.2) is 71.0 Å². The number of thioether (sulfide) groups is 1. The van der Waals surface area contributed by atoms with E-state index in [2.05, 4.69) is 70.5 Å². The first-order chi connectivity index (χ1) is 21.3. The van der Waals surface area contributed by atoms with Crippen molar-refractivity contribution in [1.29, 1.82) is 5.26 Å². The summed E-state index contributed by atoms with van der Waals surface area (Å²) in [5.74, 6) is 2.11. The van der Waals surface area contributed by atoms with E-state index in [-0.39, 0.29) is 5.78 Å². The van der Waals surface area contributed by atoms with E-state index in [0.717, 1.165) is 27.9 Å². The summed E-state index contributed by atoms with van der Waals surface area (Å²) in [4.78, 5) is 18.3. The van der Waals surface area contributed by atoms with E-state index in [1.54, 1.807) is 30.8 Å². The van der Waals surface area contributed by atoms with Crippen molar-refractivity contribution >= 4 is 34.3 Å². The van der Waals surface area contributed by atoms with E-state index in [9.17, 15) is 4.79 Å². The zero-order valence-electron chi connectivity index (χ0n) is 28.1. The van der Waals surface area contributed by atoms with Gasteiger partial charge in [0.2, 0.25) is 0 Å². The molecule has 0 bridgehead atoms. The molecule has 0 radical (unpaired) electrons. The third kappa shape index (κ3) is 12.7. The summed E-state index contributed by atoms with van der Waals surface area (Å²) < 4.78 is 0. The highest BCUT2D eigenvalue weighted by Gasteiger charge is 2.12. The molecule has 0 saturated carbocycles. The lowest BCUT2D eigenvalue weighted by atomic mass is 9.98. The van der Waals surface area contributed by atoms with Gasteiger partial charge in [-0.05, 0) is 65.6 Å². The normalized spacial score (nSPS) is 13.7. The average Bonchev–Trinajstić information content (AvgIpc) is 3.05. The second-order valence-electron chi connectivity index (χ2n) is 11.7. The number of nitrogens with one attached hydrogen (secondary N) is 1. The zero-order valence-corrected chi connectivity index (χ0v) is 28.9. The predicted molar refractivity (Wildman–Crippen MR) is 193 cm³/mol. The highest BCUT2D eigenvalue weighted by molar-refractivity contribution is 8.05. The molecule has 1 unspecified atom stereocenters. The highest BCUT2D eigenvalue weighted by atomic mass is 32.2. The van der Waals surface area contributed by atoms with Gasteiger partial charge in [0.15, 0.2) is 5.78 Å². The molecule has 2 heterocycles. The van der Waals surface area contributed by atoms with Crippen LogP contribution in [0.1, 0.15) is 116 Å². The number of Topliss-reactive ketones (excluding diaryl/α,β-unsaturated/α-hetero) is 1. The molecule has 236 valence electrons. The number of nitriles is 1. The first-order valence-corrected chi connectivity index (χ1v) is 17.4. The lowest BCUT2D eigenvalue weighted by Gasteiger charge is -2.14. The lowest BCUT2D eigenvalue weighted by Crippen LogP contribution is -2.08. The molecule has 1 N–H and O–H groups in total. The highest BCUT2D eigenvalue weighted by Crippen LogP contribution is 2.29. The van der Waals surface area contributed by atoms with Gasteiger partial charge in [0.25, 0.3) is 0 Å². The number of carbonyl (C=O) groups excluding carboxylic acids is 1. The van der Waals surface area contributed by atoms with Crippen molar-refractivity contribution in [3.8, 4) is 17.2 Å². The summed E-state index contributed by atoms with van der Waals surface area (Å²) in [6.45, 7) is 15.7. The number of fused-ring (bicyclic) bond motifs is 1. The third-order valence-corrected chi connectivity index (χ3v) is 8.51. The number of aromatic nitrogens is 1. The molecule has 1 aliphatic rings. The molecular formula is C39H53N3OS. The molecule has 5 heteroatoms. The molecule has 0 fully saturated rings. The molecule has 2 aromatic carbocycles. The number of unbranched alkanes of at least 4 members (excludes halogenated alkanes) is 3. The van der Waals surface area contributed by atoms with Crippen molar-refractivity contribution in [3.05, 3.63) is 82.1 Å². The molecule has 1 aromatic heterocycles. The van der Waals surface area contributed by atoms with Gasteiger partial charge in [-0.25, -0.2) is 4.98 Å². The van der Waals surface area contributed by atoms with Gasteiger partial charge in [-0.1, -0.05) is 123 Å². The van der Waals surface area contributed by atoms with Crippen molar-refractivity contribution in [1.82, 2.24) is 4.98 Å². The largest absolute Gasteiger partial charge is 0.365 e. The Kier molecular flexibility index (Phi) is 17.2. The quantitative estimate of drug-likeness (QED) is 0.206. The lowest BCUT2D eigenvalue weighted by molar-refractivity contribution is 0.101. The maximum absolute atomic E-state index is 12.4.